The largest absolute Gasteiger partial charge is 0.497 e. The summed E-state index contributed by atoms with van der Waals surface area (Å²) >= 11 is 0. The minimum absolute atomic E-state index is 0.105. The summed E-state index contributed by atoms with van der Waals surface area (Å²) < 4.78 is 11.3. The van der Waals surface area contributed by atoms with Crippen molar-refractivity contribution in [2.24, 2.45) is 0 Å². The minimum Gasteiger partial charge on any atom is -0.497 e. The molecule has 0 spiro atoms. The molecule has 2 aromatic carbocycles. The van der Waals surface area contributed by atoms with E-state index in [1.807, 2.05) is 18.2 Å². The second kappa shape index (κ2) is 4.37. The van der Waals surface area contributed by atoms with E-state index >= 15 is 0 Å². The molecule has 0 radical (unpaired) electrons. The van der Waals surface area contributed by atoms with Crippen LogP contribution in [0, 0.1) is 0 Å². The van der Waals surface area contributed by atoms with Gasteiger partial charge < -0.3 is 9.47 Å². The zero-order chi connectivity index (χ0) is 12.5. The van der Waals surface area contributed by atoms with Crippen LogP contribution in [-0.4, -0.2) is 7.11 Å². The summed E-state index contributed by atoms with van der Waals surface area (Å²) in [6.45, 7) is 2.20. The van der Waals surface area contributed by atoms with Gasteiger partial charge in [-0.15, -0.1) is 0 Å². The summed E-state index contributed by atoms with van der Waals surface area (Å²) in [6, 6.07) is 16.4. The van der Waals surface area contributed by atoms with Crippen LogP contribution in [0.1, 0.15) is 30.1 Å². The highest BCUT2D eigenvalue weighted by Crippen LogP contribution is 2.46. The molecule has 0 fully saturated rings. The molecule has 2 heteroatoms. The molecule has 2 nitrogen and oxygen atoms in total. The van der Waals surface area contributed by atoms with Crippen LogP contribution in [-0.2, 0) is 0 Å². The lowest BCUT2D eigenvalue weighted by Gasteiger charge is -2.15. The van der Waals surface area contributed by atoms with Gasteiger partial charge in [0.25, 0.3) is 0 Å². The first kappa shape index (κ1) is 11.1. The van der Waals surface area contributed by atoms with Crippen molar-refractivity contribution in [3.63, 3.8) is 0 Å². The summed E-state index contributed by atoms with van der Waals surface area (Å²) in [7, 11) is 1.69. The smallest absolute Gasteiger partial charge is 0.130 e. The molecular weight excluding hydrogens is 224 g/mol. The van der Waals surface area contributed by atoms with Crippen molar-refractivity contribution in [1.82, 2.24) is 0 Å². The predicted molar refractivity (Wildman–Crippen MR) is 71.2 cm³/mol. The molecule has 1 aliphatic rings. The third-order valence-electron chi connectivity index (χ3n) is 3.54. The van der Waals surface area contributed by atoms with Crippen LogP contribution in [0.2, 0.25) is 0 Å². The fourth-order valence-corrected chi connectivity index (χ4v) is 2.52. The quantitative estimate of drug-likeness (QED) is 0.791. The predicted octanol–water partition coefficient (Wildman–Crippen LogP) is 3.93. The first-order chi connectivity index (χ1) is 8.79. The fourth-order valence-electron chi connectivity index (χ4n) is 2.52. The molecule has 2 atom stereocenters. The van der Waals surface area contributed by atoms with Crippen molar-refractivity contribution in [2.45, 2.75) is 18.9 Å². The van der Waals surface area contributed by atoms with Crippen molar-refractivity contribution in [3.05, 3.63) is 59.7 Å². The molecule has 0 saturated heterocycles. The van der Waals surface area contributed by atoms with E-state index in [1.165, 1.54) is 11.1 Å². The normalized spacial score (nSPS) is 21.2. The van der Waals surface area contributed by atoms with Crippen molar-refractivity contribution < 1.29 is 9.47 Å². The first-order valence-corrected chi connectivity index (χ1v) is 6.19. The molecule has 1 heterocycles. The van der Waals surface area contributed by atoms with Crippen molar-refractivity contribution in [3.8, 4) is 11.5 Å². The number of hydrogen-bond donors (Lipinski definition) is 0. The van der Waals surface area contributed by atoms with Gasteiger partial charge in [0.2, 0.25) is 0 Å². The van der Waals surface area contributed by atoms with Gasteiger partial charge in [0.05, 0.1) is 7.11 Å². The average molecular weight is 240 g/mol. The Hall–Kier alpha value is -1.96. The maximum absolute atomic E-state index is 6.05. The van der Waals surface area contributed by atoms with Gasteiger partial charge in [0.1, 0.15) is 17.6 Å². The standard InChI is InChI=1S/C16H16O2/c1-11-14-10-13(17-2)8-9-15(14)18-16(11)12-6-4-3-5-7-12/h3-11,16H,1-2H3/t11-,16+/m0/s1. The van der Waals surface area contributed by atoms with Crippen molar-refractivity contribution in [2.75, 3.05) is 7.11 Å². The molecule has 0 bridgehead atoms. The molecule has 3 rings (SSSR count). The Morgan fingerprint density at radius 3 is 2.56 bits per heavy atom. The summed E-state index contributed by atoms with van der Waals surface area (Å²) in [5, 5.41) is 0. The summed E-state index contributed by atoms with van der Waals surface area (Å²) in [4.78, 5) is 0. The van der Waals surface area contributed by atoms with E-state index < -0.39 is 0 Å². The highest BCUT2D eigenvalue weighted by atomic mass is 16.5. The van der Waals surface area contributed by atoms with Gasteiger partial charge in [0.15, 0.2) is 0 Å². The van der Waals surface area contributed by atoms with Gasteiger partial charge in [-0.2, -0.15) is 0 Å². The second-order valence-electron chi connectivity index (χ2n) is 4.64. The van der Waals surface area contributed by atoms with E-state index in [1.54, 1.807) is 7.11 Å². The molecule has 0 amide bonds. The molecular formula is C16H16O2. The molecule has 2 aromatic rings. The highest BCUT2D eigenvalue weighted by molar-refractivity contribution is 5.47. The molecule has 0 N–H and O–H groups in total. The van der Waals surface area contributed by atoms with E-state index in [2.05, 4.69) is 37.3 Å². The maximum Gasteiger partial charge on any atom is 0.130 e. The van der Waals surface area contributed by atoms with Crippen LogP contribution in [0.15, 0.2) is 48.5 Å². The number of benzene rings is 2. The van der Waals surface area contributed by atoms with E-state index in [-0.39, 0.29) is 6.10 Å². The summed E-state index contributed by atoms with van der Waals surface area (Å²) in [5.74, 6) is 2.20. The number of fused-ring (bicyclic) bond motifs is 1. The number of methoxy groups -OCH3 is 1. The van der Waals surface area contributed by atoms with Gasteiger partial charge in [-0.25, -0.2) is 0 Å². The van der Waals surface area contributed by atoms with E-state index in [0.717, 1.165) is 11.5 Å². The first-order valence-electron chi connectivity index (χ1n) is 6.19. The molecule has 92 valence electrons. The van der Waals surface area contributed by atoms with E-state index in [4.69, 9.17) is 9.47 Å². The number of hydrogen-bond acceptors (Lipinski definition) is 2. The Labute approximate surface area is 107 Å². The van der Waals surface area contributed by atoms with Gasteiger partial charge >= 0.3 is 0 Å². The molecule has 0 unspecified atom stereocenters. The maximum atomic E-state index is 6.05. The Morgan fingerprint density at radius 1 is 1.06 bits per heavy atom. The van der Waals surface area contributed by atoms with Crippen LogP contribution in [0.25, 0.3) is 0 Å². The van der Waals surface area contributed by atoms with Crippen LogP contribution in [0.4, 0.5) is 0 Å². The zero-order valence-corrected chi connectivity index (χ0v) is 10.6. The highest BCUT2D eigenvalue weighted by Gasteiger charge is 2.32. The lowest BCUT2D eigenvalue weighted by molar-refractivity contribution is 0.216. The van der Waals surface area contributed by atoms with Crippen molar-refractivity contribution in [1.29, 1.82) is 0 Å². The van der Waals surface area contributed by atoms with Crippen LogP contribution >= 0.6 is 0 Å². The lowest BCUT2D eigenvalue weighted by atomic mass is 9.93. The van der Waals surface area contributed by atoms with Crippen molar-refractivity contribution >= 4 is 0 Å². The van der Waals surface area contributed by atoms with Crippen LogP contribution in [0.5, 0.6) is 11.5 Å². The fraction of sp³-hybridized carbons (Fsp3) is 0.250. The lowest BCUT2D eigenvalue weighted by Crippen LogP contribution is -2.06. The van der Waals surface area contributed by atoms with Gasteiger partial charge in [0, 0.05) is 11.5 Å². The number of ether oxygens (including phenoxy) is 2. The zero-order valence-electron chi connectivity index (χ0n) is 10.6. The Balaban J connectivity index is 1.96. The molecule has 0 saturated carbocycles. The number of rotatable bonds is 2. The van der Waals surface area contributed by atoms with Crippen LogP contribution in [0.3, 0.4) is 0 Å². The van der Waals surface area contributed by atoms with Gasteiger partial charge in [-0.1, -0.05) is 37.3 Å². The molecule has 1 aliphatic heterocycles. The topological polar surface area (TPSA) is 18.5 Å². The van der Waals surface area contributed by atoms with Crippen LogP contribution < -0.4 is 9.47 Å². The second-order valence-corrected chi connectivity index (χ2v) is 4.64. The van der Waals surface area contributed by atoms with E-state index in [0.29, 0.717) is 5.92 Å². The Kier molecular flexibility index (Phi) is 2.71. The molecule has 18 heavy (non-hydrogen) atoms. The minimum atomic E-state index is 0.105. The average Bonchev–Trinajstić information content (AvgIpc) is 2.77. The Bertz CT molecular complexity index is 548. The van der Waals surface area contributed by atoms with Gasteiger partial charge in [-0.05, 0) is 23.8 Å². The Morgan fingerprint density at radius 2 is 1.83 bits per heavy atom. The molecule has 0 aromatic heterocycles. The summed E-state index contributed by atoms with van der Waals surface area (Å²) in [6.07, 6.45) is 0.105. The third kappa shape index (κ3) is 1.74. The summed E-state index contributed by atoms with van der Waals surface area (Å²) in [5.41, 5.74) is 2.45. The monoisotopic (exact) mass is 240 g/mol. The van der Waals surface area contributed by atoms with Gasteiger partial charge in [-0.3, -0.25) is 0 Å². The molecule has 0 aliphatic carbocycles. The SMILES string of the molecule is COc1ccc2c(c1)[C@H](C)[C@H](c1ccccc1)O2. The third-order valence-corrected chi connectivity index (χ3v) is 3.54. The van der Waals surface area contributed by atoms with E-state index in [9.17, 15) is 0 Å².